The predicted molar refractivity (Wildman–Crippen MR) is 44.5 cm³/mol. The first-order valence-corrected chi connectivity index (χ1v) is 5.07. The highest BCUT2D eigenvalue weighted by Crippen LogP contribution is 2.25. The van der Waals surface area contributed by atoms with Gasteiger partial charge >= 0.3 is 15.5 Å². The van der Waals surface area contributed by atoms with Gasteiger partial charge in [-0.1, -0.05) is 12.1 Å². The van der Waals surface area contributed by atoms with E-state index in [0.717, 1.165) is 24.3 Å². The van der Waals surface area contributed by atoms with Gasteiger partial charge in [-0.25, -0.2) is 0 Å². The Balaban J connectivity index is 2.93. The molecule has 0 aromatic heterocycles. The standard InChI is InChI=1S/C7H6F3NO3S/c8-7(9,10)15(13,14)11-5-1-3-6(12)4-2-5/h1-4,11-12H/p-1. The Bertz CT molecular complexity index is 438. The molecule has 1 N–H and O–H groups in total. The highest BCUT2D eigenvalue weighted by atomic mass is 32.2. The van der Waals surface area contributed by atoms with Crippen molar-refractivity contribution in [2.75, 3.05) is 4.72 Å². The van der Waals surface area contributed by atoms with Crippen LogP contribution in [0.15, 0.2) is 24.3 Å². The predicted octanol–water partition coefficient (Wildman–Crippen LogP) is 1.02. The van der Waals surface area contributed by atoms with E-state index in [1.54, 1.807) is 0 Å². The van der Waals surface area contributed by atoms with E-state index in [4.69, 9.17) is 0 Å². The van der Waals surface area contributed by atoms with Gasteiger partial charge in [0.1, 0.15) is 0 Å². The Labute approximate surface area is 83.4 Å². The molecule has 0 atom stereocenters. The average molecular weight is 240 g/mol. The van der Waals surface area contributed by atoms with Crippen LogP contribution in [-0.4, -0.2) is 13.9 Å². The van der Waals surface area contributed by atoms with Crippen LogP contribution in [0.25, 0.3) is 0 Å². The fraction of sp³-hybridized carbons (Fsp3) is 0.143. The summed E-state index contributed by atoms with van der Waals surface area (Å²) in [4.78, 5) is 0. The molecule has 4 nitrogen and oxygen atoms in total. The third-order valence-corrected chi connectivity index (χ3v) is 2.53. The van der Waals surface area contributed by atoms with Crippen LogP contribution in [0.5, 0.6) is 5.75 Å². The Morgan fingerprint density at radius 2 is 1.60 bits per heavy atom. The lowest BCUT2D eigenvalue weighted by molar-refractivity contribution is -0.268. The maximum Gasteiger partial charge on any atom is 0.516 e. The van der Waals surface area contributed by atoms with Crippen LogP contribution in [0, 0.1) is 0 Å². The maximum atomic E-state index is 11.9. The minimum absolute atomic E-state index is 0.313. The molecule has 0 aliphatic heterocycles. The minimum Gasteiger partial charge on any atom is -0.872 e. The molecule has 0 bridgehead atoms. The maximum absolute atomic E-state index is 11.9. The molecule has 1 rings (SSSR count). The molecule has 0 radical (unpaired) electrons. The van der Waals surface area contributed by atoms with Crippen molar-refractivity contribution in [2.45, 2.75) is 5.51 Å². The minimum atomic E-state index is -5.42. The highest BCUT2D eigenvalue weighted by molar-refractivity contribution is 7.93. The van der Waals surface area contributed by atoms with Crippen molar-refractivity contribution < 1.29 is 26.7 Å². The van der Waals surface area contributed by atoms with Crippen LogP contribution in [0.1, 0.15) is 0 Å². The molecule has 1 aromatic rings. The van der Waals surface area contributed by atoms with Crippen molar-refractivity contribution in [3.8, 4) is 5.75 Å². The topological polar surface area (TPSA) is 69.2 Å². The summed E-state index contributed by atoms with van der Waals surface area (Å²) in [6.45, 7) is 0. The van der Waals surface area contributed by atoms with Gasteiger partial charge in [0.25, 0.3) is 0 Å². The average Bonchev–Trinajstić information content (AvgIpc) is 2.06. The quantitative estimate of drug-likeness (QED) is 0.839. The van der Waals surface area contributed by atoms with Gasteiger partial charge in [0.05, 0.1) is 0 Å². The lowest BCUT2D eigenvalue weighted by Crippen LogP contribution is -2.29. The lowest BCUT2D eigenvalue weighted by Gasteiger charge is -2.11. The molecule has 0 aliphatic carbocycles. The first kappa shape index (κ1) is 11.6. The zero-order chi connectivity index (χ0) is 11.7. The Hall–Kier alpha value is -1.44. The number of alkyl halides is 3. The van der Waals surface area contributed by atoms with Crippen LogP contribution in [0.4, 0.5) is 18.9 Å². The summed E-state index contributed by atoms with van der Waals surface area (Å²) in [6.07, 6.45) is 0. The molecular formula is C7H5F3NO3S-. The summed E-state index contributed by atoms with van der Waals surface area (Å²) < 4.78 is 58.1. The number of nitrogens with one attached hydrogen (secondary N) is 1. The number of halogens is 3. The summed E-state index contributed by atoms with van der Waals surface area (Å²) in [5.41, 5.74) is -5.68. The Morgan fingerprint density at radius 1 is 1.13 bits per heavy atom. The molecule has 0 heterocycles. The molecule has 15 heavy (non-hydrogen) atoms. The van der Waals surface area contributed by atoms with Crippen LogP contribution in [0.3, 0.4) is 0 Å². The fourth-order valence-corrected chi connectivity index (χ4v) is 1.30. The van der Waals surface area contributed by atoms with E-state index in [9.17, 15) is 26.7 Å². The van der Waals surface area contributed by atoms with Crippen LogP contribution < -0.4 is 9.83 Å². The second-order valence-corrected chi connectivity index (χ2v) is 4.25. The van der Waals surface area contributed by atoms with Gasteiger partial charge in [0, 0.05) is 5.69 Å². The number of sulfonamides is 1. The molecule has 8 heteroatoms. The van der Waals surface area contributed by atoms with Crippen molar-refractivity contribution in [1.29, 1.82) is 0 Å². The van der Waals surface area contributed by atoms with E-state index in [1.165, 1.54) is 4.72 Å². The highest BCUT2D eigenvalue weighted by Gasteiger charge is 2.45. The van der Waals surface area contributed by atoms with E-state index < -0.39 is 21.3 Å². The van der Waals surface area contributed by atoms with Crippen molar-refractivity contribution in [3.05, 3.63) is 24.3 Å². The molecule has 1 aromatic carbocycles. The first-order valence-electron chi connectivity index (χ1n) is 3.58. The molecule has 84 valence electrons. The third-order valence-electron chi connectivity index (χ3n) is 1.41. The molecule has 0 saturated carbocycles. The molecule has 0 amide bonds. The van der Waals surface area contributed by atoms with E-state index in [2.05, 4.69) is 0 Å². The normalized spacial score (nSPS) is 12.5. The number of hydrogen-bond acceptors (Lipinski definition) is 3. The van der Waals surface area contributed by atoms with Crippen molar-refractivity contribution in [3.63, 3.8) is 0 Å². The molecular weight excluding hydrogens is 235 g/mol. The Kier molecular flexibility index (Phi) is 2.80. The molecule has 0 unspecified atom stereocenters. The number of benzene rings is 1. The summed E-state index contributed by atoms with van der Waals surface area (Å²) in [5, 5.41) is 10.6. The first-order chi connectivity index (χ1) is 6.72. The van der Waals surface area contributed by atoms with Gasteiger partial charge < -0.3 is 5.11 Å². The molecule has 0 spiro atoms. The summed E-state index contributed by atoms with van der Waals surface area (Å²) >= 11 is 0. The van der Waals surface area contributed by atoms with E-state index in [1.807, 2.05) is 0 Å². The van der Waals surface area contributed by atoms with E-state index >= 15 is 0 Å². The third kappa shape index (κ3) is 2.75. The van der Waals surface area contributed by atoms with Crippen LogP contribution in [-0.2, 0) is 10.0 Å². The monoisotopic (exact) mass is 240 g/mol. The van der Waals surface area contributed by atoms with Crippen LogP contribution >= 0.6 is 0 Å². The van der Waals surface area contributed by atoms with Crippen molar-refractivity contribution >= 4 is 15.7 Å². The molecule has 0 fully saturated rings. The number of rotatable bonds is 2. The molecule has 0 saturated heterocycles. The second-order valence-electron chi connectivity index (χ2n) is 2.58. The second kappa shape index (κ2) is 3.61. The van der Waals surface area contributed by atoms with Gasteiger partial charge in [0.2, 0.25) is 0 Å². The summed E-state index contributed by atoms with van der Waals surface area (Å²) in [7, 11) is -5.42. The van der Waals surface area contributed by atoms with Crippen molar-refractivity contribution in [2.24, 2.45) is 0 Å². The SMILES string of the molecule is O=S(=O)(Nc1ccc([O-])cc1)C(F)(F)F. The zero-order valence-electron chi connectivity index (χ0n) is 7.08. The molecule has 0 aliphatic rings. The summed E-state index contributed by atoms with van der Waals surface area (Å²) in [5.74, 6) is -0.426. The smallest absolute Gasteiger partial charge is 0.516 e. The van der Waals surface area contributed by atoms with Gasteiger partial charge in [-0.2, -0.15) is 21.6 Å². The van der Waals surface area contributed by atoms with Crippen LogP contribution in [0.2, 0.25) is 0 Å². The lowest BCUT2D eigenvalue weighted by atomic mass is 10.3. The zero-order valence-corrected chi connectivity index (χ0v) is 7.89. The fourth-order valence-electron chi connectivity index (χ4n) is 0.736. The van der Waals surface area contributed by atoms with Gasteiger partial charge in [0.15, 0.2) is 0 Å². The van der Waals surface area contributed by atoms with E-state index in [0.29, 0.717) is 0 Å². The van der Waals surface area contributed by atoms with Crippen molar-refractivity contribution in [1.82, 2.24) is 0 Å². The number of anilines is 1. The summed E-state index contributed by atoms with van der Waals surface area (Å²) in [6, 6.07) is 3.81. The van der Waals surface area contributed by atoms with E-state index in [-0.39, 0.29) is 5.69 Å². The van der Waals surface area contributed by atoms with Gasteiger partial charge in [-0.3, -0.25) is 4.72 Å². The largest absolute Gasteiger partial charge is 0.872 e. The van der Waals surface area contributed by atoms with Gasteiger partial charge in [-0.15, -0.1) is 5.75 Å². The Morgan fingerprint density at radius 3 is 2.00 bits per heavy atom. The number of hydrogen-bond donors (Lipinski definition) is 1. The van der Waals surface area contributed by atoms with Gasteiger partial charge in [-0.05, 0) is 12.1 Å².